The third kappa shape index (κ3) is 2.11. The van der Waals surface area contributed by atoms with Gasteiger partial charge in [0, 0.05) is 26.6 Å². The Morgan fingerprint density at radius 1 is 1.32 bits per heavy atom. The van der Waals surface area contributed by atoms with Gasteiger partial charge in [-0.2, -0.15) is 0 Å². The monoisotopic (exact) mass is 305 g/mol. The Bertz CT molecular complexity index is 808. The van der Waals surface area contributed by atoms with E-state index in [0.717, 1.165) is 31.6 Å². The summed E-state index contributed by atoms with van der Waals surface area (Å²) in [4.78, 5) is 30.1. The van der Waals surface area contributed by atoms with Crippen molar-refractivity contribution in [2.24, 2.45) is 7.05 Å². The Labute approximate surface area is 128 Å². The molecule has 1 aliphatic heterocycles. The van der Waals surface area contributed by atoms with Gasteiger partial charge in [-0.3, -0.25) is 13.9 Å². The molecule has 3 rings (SSSR count). The van der Waals surface area contributed by atoms with Gasteiger partial charge in [0.25, 0.3) is 5.56 Å². The van der Waals surface area contributed by atoms with Crippen molar-refractivity contribution in [3.8, 4) is 0 Å². The Hall–Kier alpha value is -1.89. The number of imidazole rings is 1. The van der Waals surface area contributed by atoms with Crippen molar-refractivity contribution in [2.45, 2.75) is 45.7 Å². The number of hydrogen-bond acceptors (Lipinski definition) is 4. The molecule has 1 N–H and O–H groups in total. The summed E-state index contributed by atoms with van der Waals surface area (Å²) in [6.07, 6.45) is 2.57. The summed E-state index contributed by atoms with van der Waals surface area (Å²) in [7, 11) is 1.70. The zero-order chi connectivity index (χ0) is 15.9. The summed E-state index contributed by atoms with van der Waals surface area (Å²) >= 11 is 0. The molecule has 0 aromatic carbocycles. The van der Waals surface area contributed by atoms with E-state index in [2.05, 4.69) is 17.2 Å². The van der Waals surface area contributed by atoms with Gasteiger partial charge in [0.05, 0.1) is 6.04 Å². The fourth-order valence-corrected chi connectivity index (χ4v) is 3.32. The maximum atomic E-state index is 12.9. The van der Waals surface area contributed by atoms with E-state index in [9.17, 15) is 9.59 Å². The van der Waals surface area contributed by atoms with Gasteiger partial charge in [-0.25, -0.2) is 9.78 Å². The van der Waals surface area contributed by atoms with E-state index in [4.69, 9.17) is 0 Å². The van der Waals surface area contributed by atoms with E-state index in [0.29, 0.717) is 24.3 Å². The van der Waals surface area contributed by atoms with Gasteiger partial charge in [-0.1, -0.05) is 6.92 Å². The molecule has 0 saturated carbocycles. The average molecular weight is 305 g/mol. The van der Waals surface area contributed by atoms with Crippen LogP contribution in [0, 0.1) is 0 Å². The molecule has 0 bridgehead atoms. The van der Waals surface area contributed by atoms with Crippen LogP contribution in [-0.4, -0.2) is 31.8 Å². The minimum Gasteiger partial charge on any atom is -0.322 e. The van der Waals surface area contributed by atoms with Crippen LogP contribution in [0.2, 0.25) is 0 Å². The lowest BCUT2D eigenvalue weighted by molar-refractivity contribution is 0.491. The highest BCUT2D eigenvalue weighted by atomic mass is 16.2. The lowest BCUT2D eigenvalue weighted by Crippen LogP contribution is -2.42. The molecular weight excluding hydrogens is 282 g/mol. The van der Waals surface area contributed by atoms with E-state index in [1.165, 1.54) is 9.13 Å². The first kappa shape index (κ1) is 15.0. The second kappa shape index (κ2) is 5.72. The molecule has 1 aliphatic rings. The molecule has 0 spiro atoms. The molecule has 1 atom stereocenters. The summed E-state index contributed by atoms with van der Waals surface area (Å²) in [5.41, 5.74) is 0.584. The largest absolute Gasteiger partial charge is 0.332 e. The minimum absolute atomic E-state index is 0.0644. The number of nitrogens with zero attached hydrogens (tertiary/aromatic N) is 4. The van der Waals surface area contributed by atoms with Crippen LogP contribution in [0.4, 0.5) is 0 Å². The predicted octanol–water partition coefficient (Wildman–Crippen LogP) is 0.404. The third-order valence-electron chi connectivity index (χ3n) is 4.45. The van der Waals surface area contributed by atoms with Gasteiger partial charge in [0.15, 0.2) is 11.2 Å². The Kier molecular flexibility index (Phi) is 3.90. The average Bonchev–Trinajstić information content (AvgIpc) is 3.13. The third-order valence-corrected chi connectivity index (χ3v) is 4.45. The molecule has 22 heavy (non-hydrogen) atoms. The van der Waals surface area contributed by atoms with E-state index in [1.54, 1.807) is 7.05 Å². The Morgan fingerprint density at radius 2 is 2.09 bits per heavy atom. The first-order valence-electron chi connectivity index (χ1n) is 8.01. The standard InChI is InChI=1S/C15H23N5O2/c1-4-6-11-17-13-12(19(11)5-2)14(21)20(15(22)18(13)3)10-7-8-16-9-10/h10,16H,4-9H2,1-3H3. The molecule has 2 aromatic heterocycles. The highest BCUT2D eigenvalue weighted by molar-refractivity contribution is 5.71. The van der Waals surface area contributed by atoms with Crippen LogP contribution < -0.4 is 16.6 Å². The summed E-state index contributed by atoms with van der Waals surface area (Å²) in [5, 5.41) is 3.22. The van der Waals surface area contributed by atoms with Crippen LogP contribution in [0.1, 0.15) is 38.6 Å². The first-order valence-corrected chi connectivity index (χ1v) is 8.01. The second-order valence-corrected chi connectivity index (χ2v) is 5.86. The SMILES string of the molecule is CCCc1nc2c(c(=O)n(C3CCNC3)c(=O)n2C)n1CC. The molecule has 7 nitrogen and oxygen atoms in total. The van der Waals surface area contributed by atoms with Gasteiger partial charge >= 0.3 is 5.69 Å². The number of rotatable bonds is 4. The highest BCUT2D eigenvalue weighted by Gasteiger charge is 2.25. The highest BCUT2D eigenvalue weighted by Crippen LogP contribution is 2.15. The van der Waals surface area contributed by atoms with Crippen molar-refractivity contribution in [3.05, 3.63) is 26.7 Å². The Morgan fingerprint density at radius 3 is 2.68 bits per heavy atom. The topological polar surface area (TPSA) is 73.8 Å². The molecule has 1 saturated heterocycles. The summed E-state index contributed by atoms with van der Waals surface area (Å²) < 4.78 is 4.88. The maximum absolute atomic E-state index is 12.9. The summed E-state index contributed by atoms with van der Waals surface area (Å²) in [5.74, 6) is 0.884. The predicted molar refractivity (Wildman–Crippen MR) is 85.4 cm³/mol. The van der Waals surface area contributed by atoms with E-state index in [-0.39, 0.29) is 17.3 Å². The van der Waals surface area contributed by atoms with Crippen LogP contribution in [0.3, 0.4) is 0 Å². The fraction of sp³-hybridized carbons (Fsp3) is 0.667. The smallest absolute Gasteiger partial charge is 0.322 e. The lowest BCUT2D eigenvalue weighted by atomic mass is 10.2. The molecule has 0 radical (unpaired) electrons. The van der Waals surface area contributed by atoms with Crippen molar-refractivity contribution in [3.63, 3.8) is 0 Å². The van der Waals surface area contributed by atoms with Crippen LogP contribution in [0.15, 0.2) is 9.59 Å². The summed E-state index contributed by atoms with van der Waals surface area (Å²) in [6, 6.07) is -0.0644. The molecule has 3 heterocycles. The number of aromatic nitrogens is 4. The molecule has 1 unspecified atom stereocenters. The van der Waals surface area contributed by atoms with Crippen molar-refractivity contribution in [1.29, 1.82) is 0 Å². The first-order chi connectivity index (χ1) is 10.6. The number of hydrogen-bond donors (Lipinski definition) is 1. The van der Waals surface area contributed by atoms with Crippen molar-refractivity contribution in [2.75, 3.05) is 13.1 Å². The molecule has 1 fully saturated rings. The molecule has 120 valence electrons. The lowest BCUT2D eigenvalue weighted by Gasteiger charge is -2.14. The normalized spacial score (nSPS) is 18.4. The van der Waals surface area contributed by atoms with Gasteiger partial charge in [-0.15, -0.1) is 0 Å². The van der Waals surface area contributed by atoms with Gasteiger partial charge < -0.3 is 9.88 Å². The van der Waals surface area contributed by atoms with E-state index < -0.39 is 0 Å². The van der Waals surface area contributed by atoms with Crippen molar-refractivity contribution >= 4 is 11.2 Å². The quantitative estimate of drug-likeness (QED) is 0.887. The van der Waals surface area contributed by atoms with Gasteiger partial charge in [0.1, 0.15) is 5.82 Å². The maximum Gasteiger partial charge on any atom is 0.332 e. The number of aryl methyl sites for hydroxylation is 3. The fourth-order valence-electron chi connectivity index (χ4n) is 3.32. The zero-order valence-electron chi connectivity index (χ0n) is 13.4. The van der Waals surface area contributed by atoms with Crippen LogP contribution >= 0.6 is 0 Å². The van der Waals surface area contributed by atoms with Crippen LogP contribution in [0.25, 0.3) is 11.2 Å². The number of fused-ring (bicyclic) bond motifs is 1. The van der Waals surface area contributed by atoms with Gasteiger partial charge in [0.2, 0.25) is 0 Å². The second-order valence-electron chi connectivity index (χ2n) is 5.86. The summed E-state index contributed by atoms with van der Waals surface area (Å²) in [6.45, 7) is 6.28. The van der Waals surface area contributed by atoms with E-state index >= 15 is 0 Å². The minimum atomic E-state index is -0.269. The van der Waals surface area contributed by atoms with Crippen molar-refractivity contribution in [1.82, 2.24) is 24.0 Å². The molecule has 0 amide bonds. The van der Waals surface area contributed by atoms with E-state index in [1.807, 2.05) is 11.5 Å². The molecule has 0 aliphatic carbocycles. The molecule has 7 heteroatoms. The molecule has 2 aromatic rings. The van der Waals surface area contributed by atoms with Crippen LogP contribution in [0.5, 0.6) is 0 Å². The van der Waals surface area contributed by atoms with Crippen molar-refractivity contribution < 1.29 is 0 Å². The van der Waals surface area contributed by atoms with Crippen LogP contribution in [-0.2, 0) is 20.0 Å². The molecular formula is C15H23N5O2. The number of nitrogens with one attached hydrogen (secondary N) is 1. The Balaban J connectivity index is 2.35. The zero-order valence-corrected chi connectivity index (χ0v) is 13.4. The van der Waals surface area contributed by atoms with Gasteiger partial charge in [-0.05, 0) is 26.3 Å².